The molecule has 2 heterocycles. The summed E-state index contributed by atoms with van der Waals surface area (Å²) in [5.41, 5.74) is 0.454. The molecule has 0 bridgehead atoms. The largest absolute Gasteiger partial charge is 0.481 e. The van der Waals surface area contributed by atoms with Gasteiger partial charge in [0.1, 0.15) is 5.60 Å². The van der Waals surface area contributed by atoms with Crippen LogP contribution in [0.15, 0.2) is 24.5 Å². The summed E-state index contributed by atoms with van der Waals surface area (Å²) in [6.45, 7) is 6.59. The van der Waals surface area contributed by atoms with E-state index in [9.17, 15) is 14.7 Å². The number of aliphatic carboxylic acids is 1. The van der Waals surface area contributed by atoms with Gasteiger partial charge in [-0.05, 0) is 44.9 Å². The second-order valence-electron chi connectivity index (χ2n) is 7.00. The van der Waals surface area contributed by atoms with E-state index in [0.29, 0.717) is 19.5 Å². The van der Waals surface area contributed by atoms with E-state index in [0.717, 1.165) is 5.56 Å². The number of nitrogens with zero attached hydrogens (tertiary/aromatic N) is 2. The quantitative estimate of drug-likeness (QED) is 0.873. The monoisotopic (exact) mass is 335 g/mol. The second-order valence-corrected chi connectivity index (χ2v) is 7.00. The first-order valence-corrected chi connectivity index (χ1v) is 8.09. The third kappa shape index (κ3) is 5.19. The number of hydrogen-bond donors (Lipinski definition) is 2. The molecule has 7 nitrogen and oxygen atoms in total. The highest BCUT2D eigenvalue weighted by Crippen LogP contribution is 2.21. The zero-order valence-electron chi connectivity index (χ0n) is 14.4. The number of amides is 1. The minimum absolute atomic E-state index is 0.151. The molecule has 132 valence electrons. The van der Waals surface area contributed by atoms with Gasteiger partial charge in [-0.25, -0.2) is 4.79 Å². The average Bonchev–Trinajstić information content (AvgIpc) is 2.52. The van der Waals surface area contributed by atoms with Gasteiger partial charge in [-0.2, -0.15) is 0 Å². The molecule has 1 amide bonds. The molecule has 1 fully saturated rings. The molecule has 7 heteroatoms. The number of aromatic nitrogens is 1. The summed E-state index contributed by atoms with van der Waals surface area (Å²) >= 11 is 0. The Hall–Kier alpha value is -2.15. The molecule has 0 unspecified atom stereocenters. The number of carbonyl (C=O) groups is 2. The third-order valence-corrected chi connectivity index (χ3v) is 3.90. The predicted octanol–water partition coefficient (Wildman–Crippen LogP) is 1.88. The lowest BCUT2D eigenvalue weighted by atomic mass is 9.92. The minimum atomic E-state index is -0.907. The number of rotatable bonds is 4. The van der Waals surface area contributed by atoms with Gasteiger partial charge in [0.2, 0.25) is 0 Å². The summed E-state index contributed by atoms with van der Waals surface area (Å²) in [5, 5.41) is 12.8. The van der Waals surface area contributed by atoms with Gasteiger partial charge in [0, 0.05) is 38.1 Å². The van der Waals surface area contributed by atoms with Crippen molar-refractivity contribution >= 4 is 12.1 Å². The van der Waals surface area contributed by atoms with E-state index in [4.69, 9.17) is 4.74 Å². The van der Waals surface area contributed by atoms with Crippen LogP contribution < -0.4 is 5.32 Å². The number of ether oxygens (including phenoxy) is 1. The highest BCUT2D eigenvalue weighted by atomic mass is 16.6. The lowest BCUT2D eigenvalue weighted by Crippen LogP contribution is -2.54. The second kappa shape index (κ2) is 7.61. The smallest absolute Gasteiger partial charge is 0.410 e. The van der Waals surface area contributed by atoms with Crippen LogP contribution >= 0.6 is 0 Å². The van der Waals surface area contributed by atoms with Gasteiger partial charge in [0.25, 0.3) is 0 Å². The molecule has 1 aliphatic rings. The van der Waals surface area contributed by atoms with Crippen LogP contribution in [0.1, 0.15) is 32.8 Å². The Kier molecular flexibility index (Phi) is 5.77. The fourth-order valence-electron chi connectivity index (χ4n) is 2.69. The summed E-state index contributed by atoms with van der Waals surface area (Å²) in [7, 11) is 0. The summed E-state index contributed by atoms with van der Waals surface area (Å²) < 4.78 is 5.34. The van der Waals surface area contributed by atoms with Crippen LogP contribution in [0.5, 0.6) is 0 Å². The maximum absolute atomic E-state index is 12.2. The van der Waals surface area contributed by atoms with Crippen molar-refractivity contribution in [2.75, 3.05) is 13.1 Å². The van der Waals surface area contributed by atoms with Crippen LogP contribution in [0, 0.1) is 5.92 Å². The van der Waals surface area contributed by atoms with Gasteiger partial charge in [-0.15, -0.1) is 0 Å². The lowest BCUT2D eigenvalue weighted by Gasteiger charge is -2.37. The zero-order chi connectivity index (χ0) is 17.7. The summed E-state index contributed by atoms with van der Waals surface area (Å²) in [5.74, 6) is -1.57. The van der Waals surface area contributed by atoms with Gasteiger partial charge < -0.3 is 20.1 Å². The Labute approximate surface area is 142 Å². The van der Waals surface area contributed by atoms with Crippen molar-refractivity contribution in [1.29, 1.82) is 0 Å². The van der Waals surface area contributed by atoms with Gasteiger partial charge in [0.05, 0.1) is 5.92 Å². The molecule has 1 aromatic heterocycles. The van der Waals surface area contributed by atoms with Gasteiger partial charge in [0.15, 0.2) is 0 Å². The van der Waals surface area contributed by atoms with Crippen molar-refractivity contribution < 1.29 is 19.4 Å². The maximum Gasteiger partial charge on any atom is 0.410 e. The summed E-state index contributed by atoms with van der Waals surface area (Å²) in [6.07, 6.45) is 3.52. The molecule has 2 rings (SSSR count). The van der Waals surface area contributed by atoms with Crippen LogP contribution in [0.2, 0.25) is 0 Å². The van der Waals surface area contributed by atoms with E-state index in [1.165, 1.54) is 4.90 Å². The normalized spacial score (nSPS) is 21.4. The number of hydrogen-bond acceptors (Lipinski definition) is 5. The van der Waals surface area contributed by atoms with Crippen LogP contribution in [0.25, 0.3) is 0 Å². The van der Waals surface area contributed by atoms with Crippen molar-refractivity contribution in [2.24, 2.45) is 5.92 Å². The van der Waals surface area contributed by atoms with Gasteiger partial charge in [-0.3, -0.25) is 9.78 Å². The number of carbonyl (C=O) groups excluding carboxylic acids is 1. The van der Waals surface area contributed by atoms with Crippen molar-refractivity contribution in [2.45, 2.75) is 45.4 Å². The van der Waals surface area contributed by atoms with Crippen molar-refractivity contribution in [3.05, 3.63) is 30.1 Å². The van der Waals surface area contributed by atoms with Crippen LogP contribution in [-0.4, -0.2) is 51.8 Å². The first kappa shape index (κ1) is 18.2. The molecule has 0 spiro atoms. The first-order chi connectivity index (χ1) is 11.3. The van der Waals surface area contributed by atoms with E-state index < -0.39 is 23.6 Å². The molecule has 2 atom stereocenters. The zero-order valence-corrected chi connectivity index (χ0v) is 14.4. The summed E-state index contributed by atoms with van der Waals surface area (Å²) in [6, 6.07) is 3.59. The number of pyridine rings is 1. The maximum atomic E-state index is 12.2. The Bertz CT molecular complexity index is 571. The topological polar surface area (TPSA) is 91.8 Å². The average molecular weight is 335 g/mol. The number of piperidine rings is 1. The molecule has 0 radical (unpaired) electrons. The number of nitrogens with one attached hydrogen (secondary N) is 1. The molecule has 1 aliphatic heterocycles. The Balaban J connectivity index is 1.95. The van der Waals surface area contributed by atoms with Gasteiger partial charge >= 0.3 is 12.1 Å². The fraction of sp³-hybridized carbons (Fsp3) is 0.588. The molecule has 0 saturated carbocycles. The van der Waals surface area contributed by atoms with Crippen molar-refractivity contribution in [1.82, 2.24) is 15.2 Å². The van der Waals surface area contributed by atoms with E-state index in [1.807, 2.05) is 12.1 Å². The molecule has 2 N–H and O–H groups in total. The fourth-order valence-corrected chi connectivity index (χ4v) is 2.69. The molecule has 24 heavy (non-hydrogen) atoms. The van der Waals surface area contributed by atoms with Crippen LogP contribution in [0.4, 0.5) is 4.79 Å². The molecule has 0 aromatic carbocycles. The first-order valence-electron chi connectivity index (χ1n) is 8.09. The highest BCUT2D eigenvalue weighted by Gasteiger charge is 2.37. The van der Waals surface area contributed by atoms with Crippen LogP contribution in [-0.2, 0) is 16.1 Å². The van der Waals surface area contributed by atoms with Crippen molar-refractivity contribution in [3.8, 4) is 0 Å². The standard InChI is InChI=1S/C17H25N3O4/c1-17(2,3)24-16(23)20-9-6-14(13(11-20)15(21)22)19-10-12-4-7-18-8-5-12/h4-5,7-8,13-14,19H,6,9-11H2,1-3H3,(H,21,22)/t13-,14-/m1/s1. The lowest BCUT2D eigenvalue weighted by molar-refractivity contribution is -0.144. The number of carboxylic acid groups (broad SMARTS) is 1. The van der Waals surface area contributed by atoms with Crippen LogP contribution in [0.3, 0.4) is 0 Å². The molecular weight excluding hydrogens is 310 g/mol. The number of likely N-dealkylation sites (tertiary alicyclic amines) is 1. The Morgan fingerprint density at radius 3 is 2.62 bits per heavy atom. The number of carboxylic acids is 1. The molecular formula is C17H25N3O4. The van der Waals surface area contributed by atoms with Gasteiger partial charge in [-0.1, -0.05) is 0 Å². The SMILES string of the molecule is CC(C)(C)OC(=O)N1CC[C@@H](NCc2ccncc2)[C@H](C(=O)O)C1. The predicted molar refractivity (Wildman–Crippen MR) is 88.4 cm³/mol. The van der Waals surface area contributed by atoms with E-state index in [1.54, 1.807) is 33.2 Å². The molecule has 1 aromatic rings. The Morgan fingerprint density at radius 1 is 1.38 bits per heavy atom. The van der Waals surface area contributed by atoms with E-state index in [-0.39, 0.29) is 12.6 Å². The third-order valence-electron chi connectivity index (χ3n) is 3.90. The minimum Gasteiger partial charge on any atom is -0.481 e. The van der Waals surface area contributed by atoms with E-state index >= 15 is 0 Å². The van der Waals surface area contributed by atoms with E-state index in [2.05, 4.69) is 10.3 Å². The Morgan fingerprint density at radius 2 is 2.04 bits per heavy atom. The summed E-state index contributed by atoms with van der Waals surface area (Å²) in [4.78, 5) is 29.2. The highest BCUT2D eigenvalue weighted by molar-refractivity contribution is 5.74. The van der Waals surface area contributed by atoms with Crippen molar-refractivity contribution in [3.63, 3.8) is 0 Å². The molecule has 0 aliphatic carbocycles. The molecule has 1 saturated heterocycles.